The van der Waals surface area contributed by atoms with Crippen molar-refractivity contribution in [1.82, 2.24) is 9.97 Å². The molecule has 0 saturated carbocycles. The number of amides is 1. The molecule has 0 aliphatic heterocycles. The minimum absolute atomic E-state index is 0.0259. The lowest BCUT2D eigenvalue weighted by atomic mass is 10.1. The fourth-order valence-corrected chi connectivity index (χ4v) is 1.71. The Labute approximate surface area is 132 Å². The van der Waals surface area contributed by atoms with Crippen molar-refractivity contribution < 1.29 is 19.1 Å². The molecule has 2 rings (SSSR count). The van der Waals surface area contributed by atoms with E-state index >= 15 is 0 Å². The SMILES string of the molecule is CC(=O)c1ccc(NC(=O)[C@@H](C)OC(=O)c2cnccn2)cc1. The van der Waals surface area contributed by atoms with Crippen molar-refractivity contribution in [2.75, 3.05) is 5.32 Å². The number of nitrogens with one attached hydrogen (secondary N) is 1. The molecule has 1 N–H and O–H groups in total. The number of aromatic nitrogens is 2. The van der Waals surface area contributed by atoms with Gasteiger partial charge in [0.25, 0.3) is 5.91 Å². The van der Waals surface area contributed by atoms with Gasteiger partial charge in [0, 0.05) is 23.6 Å². The van der Waals surface area contributed by atoms with Crippen LogP contribution in [0.4, 0.5) is 5.69 Å². The van der Waals surface area contributed by atoms with E-state index in [1.807, 2.05) is 0 Å². The Balaban J connectivity index is 1.94. The van der Waals surface area contributed by atoms with E-state index in [0.717, 1.165) is 0 Å². The Morgan fingerprint density at radius 1 is 1.13 bits per heavy atom. The fourth-order valence-electron chi connectivity index (χ4n) is 1.71. The molecule has 2 aromatic rings. The number of carbonyl (C=O) groups excluding carboxylic acids is 3. The summed E-state index contributed by atoms with van der Waals surface area (Å²) in [7, 11) is 0. The lowest BCUT2D eigenvalue weighted by Gasteiger charge is -2.13. The third kappa shape index (κ3) is 4.44. The molecule has 1 amide bonds. The van der Waals surface area contributed by atoms with Crippen LogP contribution in [0, 0.1) is 0 Å². The number of hydrogen-bond acceptors (Lipinski definition) is 6. The Kier molecular flexibility index (Phi) is 5.14. The summed E-state index contributed by atoms with van der Waals surface area (Å²) in [5.74, 6) is -1.28. The molecule has 7 nitrogen and oxygen atoms in total. The van der Waals surface area contributed by atoms with Gasteiger partial charge in [0.1, 0.15) is 0 Å². The van der Waals surface area contributed by atoms with Crippen LogP contribution in [0.3, 0.4) is 0 Å². The van der Waals surface area contributed by atoms with Crippen LogP contribution in [0.15, 0.2) is 42.9 Å². The predicted molar refractivity (Wildman–Crippen MR) is 82.0 cm³/mol. The molecule has 0 bridgehead atoms. The molecule has 118 valence electrons. The molecule has 23 heavy (non-hydrogen) atoms. The predicted octanol–water partition coefficient (Wildman–Crippen LogP) is 1.86. The zero-order valence-electron chi connectivity index (χ0n) is 12.6. The van der Waals surface area contributed by atoms with E-state index in [4.69, 9.17) is 4.74 Å². The van der Waals surface area contributed by atoms with E-state index in [2.05, 4.69) is 15.3 Å². The van der Waals surface area contributed by atoms with E-state index in [9.17, 15) is 14.4 Å². The van der Waals surface area contributed by atoms with Crippen LogP contribution in [0.25, 0.3) is 0 Å². The van der Waals surface area contributed by atoms with Gasteiger partial charge in [-0.15, -0.1) is 0 Å². The highest BCUT2D eigenvalue weighted by atomic mass is 16.5. The number of esters is 1. The molecule has 0 saturated heterocycles. The maximum absolute atomic E-state index is 12.0. The van der Waals surface area contributed by atoms with Gasteiger partial charge in [-0.2, -0.15) is 0 Å². The molecular weight excluding hydrogens is 298 g/mol. The second-order valence-corrected chi connectivity index (χ2v) is 4.76. The molecule has 0 radical (unpaired) electrons. The molecule has 0 unspecified atom stereocenters. The topological polar surface area (TPSA) is 98.2 Å². The van der Waals surface area contributed by atoms with Gasteiger partial charge in [-0.3, -0.25) is 14.6 Å². The number of carbonyl (C=O) groups is 3. The fraction of sp³-hybridized carbons (Fsp3) is 0.188. The summed E-state index contributed by atoms with van der Waals surface area (Å²) >= 11 is 0. The van der Waals surface area contributed by atoms with Crippen molar-refractivity contribution in [2.45, 2.75) is 20.0 Å². The molecule has 7 heteroatoms. The van der Waals surface area contributed by atoms with Crippen molar-refractivity contribution >= 4 is 23.3 Å². The normalized spacial score (nSPS) is 11.4. The van der Waals surface area contributed by atoms with Crippen LogP contribution < -0.4 is 5.32 Å². The van der Waals surface area contributed by atoms with E-state index in [0.29, 0.717) is 11.3 Å². The minimum atomic E-state index is -1.00. The lowest BCUT2D eigenvalue weighted by Crippen LogP contribution is -2.30. The first-order valence-corrected chi connectivity index (χ1v) is 6.86. The molecule has 1 heterocycles. The zero-order valence-corrected chi connectivity index (χ0v) is 12.6. The van der Waals surface area contributed by atoms with Crippen molar-refractivity contribution in [2.24, 2.45) is 0 Å². The molecule has 0 aliphatic rings. The minimum Gasteiger partial charge on any atom is -0.448 e. The van der Waals surface area contributed by atoms with Crippen molar-refractivity contribution in [3.8, 4) is 0 Å². The van der Waals surface area contributed by atoms with E-state index < -0.39 is 18.0 Å². The second kappa shape index (κ2) is 7.26. The van der Waals surface area contributed by atoms with Gasteiger partial charge in [-0.25, -0.2) is 9.78 Å². The molecule has 1 aromatic carbocycles. The highest BCUT2D eigenvalue weighted by molar-refractivity contribution is 5.98. The van der Waals surface area contributed by atoms with Gasteiger partial charge in [0.2, 0.25) is 0 Å². The average molecular weight is 313 g/mol. The van der Waals surface area contributed by atoms with Gasteiger partial charge in [0.15, 0.2) is 17.6 Å². The number of rotatable bonds is 5. The van der Waals surface area contributed by atoms with E-state index in [-0.39, 0.29) is 11.5 Å². The standard InChI is InChI=1S/C16H15N3O4/c1-10(20)12-3-5-13(6-4-12)19-15(21)11(2)23-16(22)14-9-17-7-8-18-14/h3-9,11H,1-2H3,(H,19,21)/t11-/m1/s1. The number of nitrogens with zero attached hydrogens (tertiary/aromatic N) is 2. The van der Waals surface area contributed by atoms with Gasteiger partial charge < -0.3 is 10.1 Å². The summed E-state index contributed by atoms with van der Waals surface area (Å²) < 4.78 is 5.02. The second-order valence-electron chi connectivity index (χ2n) is 4.76. The molecular formula is C16H15N3O4. The first-order valence-electron chi connectivity index (χ1n) is 6.86. The number of Topliss-reactive ketones (excluding diaryl/α,β-unsaturated/α-hetero) is 1. The number of ether oxygens (including phenoxy) is 1. The van der Waals surface area contributed by atoms with E-state index in [1.54, 1.807) is 24.3 Å². The zero-order chi connectivity index (χ0) is 16.8. The first-order chi connectivity index (χ1) is 11.0. The molecule has 0 fully saturated rings. The summed E-state index contributed by atoms with van der Waals surface area (Å²) in [6.07, 6.45) is 3.04. The first kappa shape index (κ1) is 16.3. The molecule has 1 atom stereocenters. The molecule has 0 spiro atoms. The molecule has 0 aliphatic carbocycles. The quantitative estimate of drug-likeness (QED) is 0.668. The number of hydrogen-bond donors (Lipinski definition) is 1. The van der Waals surface area contributed by atoms with Crippen LogP contribution in [0.2, 0.25) is 0 Å². The Morgan fingerprint density at radius 2 is 1.83 bits per heavy atom. The van der Waals surface area contributed by atoms with Gasteiger partial charge >= 0.3 is 5.97 Å². The summed E-state index contributed by atoms with van der Waals surface area (Å²) in [6.45, 7) is 2.91. The lowest BCUT2D eigenvalue weighted by molar-refractivity contribution is -0.123. The van der Waals surface area contributed by atoms with Crippen LogP contribution in [-0.4, -0.2) is 33.7 Å². The number of anilines is 1. The molecule has 1 aromatic heterocycles. The third-order valence-electron chi connectivity index (χ3n) is 2.98. The largest absolute Gasteiger partial charge is 0.448 e. The van der Waals surface area contributed by atoms with Crippen LogP contribution in [0.5, 0.6) is 0 Å². The maximum Gasteiger partial charge on any atom is 0.359 e. The smallest absolute Gasteiger partial charge is 0.359 e. The Morgan fingerprint density at radius 3 is 2.39 bits per heavy atom. The monoisotopic (exact) mass is 313 g/mol. The highest BCUT2D eigenvalue weighted by Crippen LogP contribution is 2.11. The van der Waals surface area contributed by atoms with Crippen molar-refractivity contribution in [3.05, 3.63) is 54.1 Å². The summed E-state index contributed by atoms with van der Waals surface area (Å²) in [5, 5.41) is 2.60. The van der Waals surface area contributed by atoms with Gasteiger partial charge in [0.05, 0.1) is 6.20 Å². The third-order valence-corrected chi connectivity index (χ3v) is 2.98. The summed E-state index contributed by atoms with van der Waals surface area (Å²) in [4.78, 5) is 42.5. The van der Waals surface area contributed by atoms with E-state index in [1.165, 1.54) is 32.4 Å². The van der Waals surface area contributed by atoms with Crippen LogP contribution in [-0.2, 0) is 9.53 Å². The highest BCUT2D eigenvalue weighted by Gasteiger charge is 2.19. The summed E-state index contributed by atoms with van der Waals surface area (Å²) in [5.41, 5.74) is 1.07. The maximum atomic E-state index is 12.0. The van der Waals surface area contributed by atoms with Crippen LogP contribution >= 0.6 is 0 Å². The Hall–Kier alpha value is -3.09. The van der Waals surface area contributed by atoms with Gasteiger partial charge in [-0.05, 0) is 38.1 Å². The average Bonchev–Trinajstić information content (AvgIpc) is 2.56. The van der Waals surface area contributed by atoms with Crippen molar-refractivity contribution in [1.29, 1.82) is 0 Å². The Bertz CT molecular complexity index is 714. The van der Waals surface area contributed by atoms with Crippen LogP contribution in [0.1, 0.15) is 34.7 Å². The van der Waals surface area contributed by atoms with Crippen molar-refractivity contribution in [3.63, 3.8) is 0 Å². The number of benzene rings is 1. The number of ketones is 1. The van der Waals surface area contributed by atoms with Gasteiger partial charge in [-0.1, -0.05) is 0 Å². The summed E-state index contributed by atoms with van der Waals surface area (Å²) in [6, 6.07) is 6.42.